The van der Waals surface area contributed by atoms with Gasteiger partial charge in [0, 0.05) is 31.8 Å². The van der Waals surface area contributed by atoms with Crippen LogP contribution in [0.2, 0.25) is 0 Å². The van der Waals surface area contributed by atoms with Gasteiger partial charge in [0.2, 0.25) is 5.91 Å². The van der Waals surface area contributed by atoms with E-state index in [9.17, 15) is 4.79 Å². The van der Waals surface area contributed by atoms with E-state index in [1.165, 1.54) is 0 Å². The highest BCUT2D eigenvalue weighted by atomic mass is 16.5. The van der Waals surface area contributed by atoms with Crippen LogP contribution in [0.3, 0.4) is 0 Å². The minimum absolute atomic E-state index is 0.0247. The molecular weight excluding hydrogens is 380 g/mol. The second-order valence-corrected chi connectivity index (χ2v) is 8.35. The highest BCUT2D eigenvalue weighted by molar-refractivity contribution is 5.84. The molecule has 1 aromatic rings. The Labute approximate surface area is 181 Å². The summed E-state index contributed by atoms with van der Waals surface area (Å²) in [6.07, 6.45) is 2.33. The number of carbonyl (C=O) groups is 1. The molecule has 1 aliphatic rings. The molecule has 1 heterocycles. The maximum atomic E-state index is 12.2. The summed E-state index contributed by atoms with van der Waals surface area (Å²) in [5.41, 5.74) is 1.64. The Morgan fingerprint density at radius 3 is 2.67 bits per heavy atom. The van der Waals surface area contributed by atoms with Gasteiger partial charge in [-0.2, -0.15) is 0 Å². The Bertz CT molecular complexity index is 712. The van der Waals surface area contributed by atoms with E-state index < -0.39 is 5.41 Å². The molecule has 0 radical (unpaired) electrons. The summed E-state index contributed by atoms with van der Waals surface area (Å²) < 4.78 is 11.7. The van der Waals surface area contributed by atoms with Gasteiger partial charge in [-0.1, -0.05) is 12.1 Å². The van der Waals surface area contributed by atoms with Gasteiger partial charge in [-0.3, -0.25) is 4.79 Å². The fourth-order valence-corrected chi connectivity index (χ4v) is 3.18. The quantitative estimate of drug-likeness (QED) is 0.402. The minimum atomic E-state index is -0.536. The van der Waals surface area contributed by atoms with Crippen LogP contribution in [0.5, 0.6) is 5.75 Å². The van der Waals surface area contributed by atoms with Gasteiger partial charge >= 0.3 is 0 Å². The maximum Gasteiger partial charge on any atom is 0.227 e. The summed E-state index contributed by atoms with van der Waals surface area (Å²) in [5, 5.41) is 9.43. The summed E-state index contributed by atoms with van der Waals surface area (Å²) >= 11 is 0. The zero-order chi connectivity index (χ0) is 22.0. The van der Waals surface area contributed by atoms with E-state index in [0.717, 1.165) is 42.9 Å². The normalized spacial score (nSPS) is 17.0. The molecule has 30 heavy (non-hydrogen) atoms. The van der Waals surface area contributed by atoms with E-state index >= 15 is 0 Å². The molecule has 1 fully saturated rings. The molecule has 0 spiro atoms. The first-order valence-electron chi connectivity index (χ1n) is 11.0. The number of aryl methyl sites for hydroxylation is 1. The first kappa shape index (κ1) is 24.0. The standard InChI is InChI=1S/C23H38N4O3/c1-6-24-21(28)23(4,5)16-27-22(25-7-2)26-14-18-11-10-17(3)13-20(18)30-15-19-9-8-12-29-19/h10-11,13,19H,6-9,12,14-16H2,1-5H3,(H,24,28)(H2,25,26,27). The molecular formula is C23H38N4O3. The molecule has 168 valence electrons. The molecule has 0 aromatic heterocycles. The molecule has 1 amide bonds. The number of guanidine groups is 1. The first-order chi connectivity index (χ1) is 14.4. The lowest BCUT2D eigenvalue weighted by Gasteiger charge is -2.25. The third kappa shape index (κ3) is 7.52. The molecule has 0 bridgehead atoms. The average molecular weight is 419 g/mol. The number of aliphatic imine (C=N–C) groups is 1. The lowest BCUT2D eigenvalue weighted by atomic mass is 9.92. The molecule has 1 aliphatic heterocycles. The second kappa shape index (κ2) is 11.8. The Kier molecular flexibility index (Phi) is 9.43. The van der Waals surface area contributed by atoms with Gasteiger partial charge in [-0.25, -0.2) is 4.99 Å². The van der Waals surface area contributed by atoms with Gasteiger partial charge in [-0.05, 0) is 59.1 Å². The van der Waals surface area contributed by atoms with E-state index in [2.05, 4.69) is 41.1 Å². The fourth-order valence-electron chi connectivity index (χ4n) is 3.18. The molecule has 1 atom stereocenters. The highest BCUT2D eigenvalue weighted by Gasteiger charge is 2.27. The molecule has 1 saturated heterocycles. The summed E-state index contributed by atoms with van der Waals surface area (Å²) in [6.45, 7) is 13.6. The highest BCUT2D eigenvalue weighted by Crippen LogP contribution is 2.23. The van der Waals surface area contributed by atoms with Gasteiger partial charge in [0.05, 0.1) is 18.1 Å². The predicted molar refractivity (Wildman–Crippen MR) is 121 cm³/mol. The van der Waals surface area contributed by atoms with Crippen LogP contribution in [0.4, 0.5) is 0 Å². The van der Waals surface area contributed by atoms with Crippen molar-refractivity contribution in [2.24, 2.45) is 10.4 Å². The van der Waals surface area contributed by atoms with E-state index in [0.29, 0.717) is 32.2 Å². The van der Waals surface area contributed by atoms with Gasteiger partial charge in [0.15, 0.2) is 5.96 Å². The van der Waals surface area contributed by atoms with Crippen LogP contribution in [-0.4, -0.2) is 50.8 Å². The zero-order valence-electron chi connectivity index (χ0n) is 19.1. The molecule has 7 nitrogen and oxygen atoms in total. The molecule has 1 aromatic carbocycles. The van der Waals surface area contributed by atoms with Crippen molar-refractivity contribution in [2.75, 3.05) is 32.8 Å². The van der Waals surface area contributed by atoms with Crippen LogP contribution in [0, 0.1) is 12.3 Å². The SMILES string of the molecule is CCNC(=O)C(C)(C)CNC(=NCc1ccc(C)cc1OCC1CCCO1)NCC. The van der Waals surface area contributed by atoms with Crippen LogP contribution >= 0.6 is 0 Å². The Morgan fingerprint density at radius 1 is 1.23 bits per heavy atom. The van der Waals surface area contributed by atoms with Crippen LogP contribution in [0.15, 0.2) is 23.2 Å². The zero-order valence-corrected chi connectivity index (χ0v) is 19.1. The van der Waals surface area contributed by atoms with E-state index in [1.54, 1.807) is 0 Å². The predicted octanol–water partition coefficient (Wildman–Crippen LogP) is 2.77. The van der Waals surface area contributed by atoms with E-state index in [4.69, 9.17) is 14.5 Å². The van der Waals surface area contributed by atoms with Crippen molar-refractivity contribution >= 4 is 11.9 Å². The molecule has 3 N–H and O–H groups in total. The summed E-state index contributed by atoms with van der Waals surface area (Å²) in [5.74, 6) is 1.56. The van der Waals surface area contributed by atoms with Gasteiger partial charge in [0.25, 0.3) is 0 Å². The number of nitrogens with zero attached hydrogens (tertiary/aromatic N) is 1. The van der Waals surface area contributed by atoms with Crippen LogP contribution in [0.1, 0.15) is 51.7 Å². The molecule has 1 unspecified atom stereocenters. The van der Waals surface area contributed by atoms with E-state index in [-0.39, 0.29) is 12.0 Å². The van der Waals surface area contributed by atoms with Gasteiger partial charge < -0.3 is 25.4 Å². The summed E-state index contributed by atoms with van der Waals surface area (Å²) in [6, 6.07) is 6.19. The van der Waals surface area contributed by atoms with Crippen LogP contribution < -0.4 is 20.7 Å². The summed E-state index contributed by atoms with van der Waals surface area (Å²) in [7, 11) is 0. The molecule has 7 heteroatoms. The van der Waals surface area contributed by atoms with Gasteiger partial charge in [0.1, 0.15) is 12.4 Å². The number of carbonyl (C=O) groups excluding carboxylic acids is 1. The van der Waals surface area contributed by atoms with Gasteiger partial charge in [-0.15, -0.1) is 0 Å². The van der Waals surface area contributed by atoms with Crippen molar-refractivity contribution in [2.45, 2.75) is 60.1 Å². The number of amides is 1. The Balaban J connectivity index is 2.03. The minimum Gasteiger partial charge on any atom is -0.491 e. The van der Waals surface area contributed by atoms with Crippen molar-refractivity contribution in [1.82, 2.24) is 16.0 Å². The van der Waals surface area contributed by atoms with Crippen molar-refractivity contribution < 1.29 is 14.3 Å². The second-order valence-electron chi connectivity index (χ2n) is 8.35. The topological polar surface area (TPSA) is 84.0 Å². The molecule has 0 aliphatic carbocycles. The van der Waals surface area contributed by atoms with E-state index in [1.807, 2.05) is 27.7 Å². The lowest BCUT2D eigenvalue weighted by Crippen LogP contribution is -2.47. The number of rotatable bonds is 10. The third-order valence-electron chi connectivity index (χ3n) is 5.07. The number of hydrogen-bond acceptors (Lipinski definition) is 4. The lowest BCUT2D eigenvalue weighted by molar-refractivity contribution is -0.128. The van der Waals surface area contributed by atoms with Crippen molar-refractivity contribution in [3.8, 4) is 5.75 Å². The maximum absolute atomic E-state index is 12.2. The smallest absolute Gasteiger partial charge is 0.227 e. The molecule has 0 saturated carbocycles. The number of nitrogens with one attached hydrogen (secondary N) is 3. The molecule has 2 rings (SSSR count). The number of benzene rings is 1. The largest absolute Gasteiger partial charge is 0.491 e. The monoisotopic (exact) mass is 418 g/mol. The fraction of sp³-hybridized carbons (Fsp3) is 0.652. The first-order valence-corrected chi connectivity index (χ1v) is 11.0. The number of ether oxygens (including phenoxy) is 2. The Morgan fingerprint density at radius 2 is 2.00 bits per heavy atom. The average Bonchev–Trinajstić information content (AvgIpc) is 3.23. The van der Waals surface area contributed by atoms with Crippen molar-refractivity contribution in [3.63, 3.8) is 0 Å². The van der Waals surface area contributed by atoms with Crippen LogP contribution in [-0.2, 0) is 16.1 Å². The third-order valence-corrected chi connectivity index (χ3v) is 5.07. The Hall–Kier alpha value is -2.28. The number of hydrogen-bond donors (Lipinski definition) is 3. The van der Waals surface area contributed by atoms with Crippen LogP contribution in [0.25, 0.3) is 0 Å². The van der Waals surface area contributed by atoms with Crippen molar-refractivity contribution in [1.29, 1.82) is 0 Å². The summed E-state index contributed by atoms with van der Waals surface area (Å²) in [4.78, 5) is 16.9. The van der Waals surface area contributed by atoms with Crippen molar-refractivity contribution in [3.05, 3.63) is 29.3 Å².